The van der Waals surface area contributed by atoms with Crippen molar-refractivity contribution in [2.24, 2.45) is 11.7 Å². The monoisotopic (exact) mass is 178 g/mol. The molecule has 1 aliphatic rings. The molecule has 2 N–H and O–H groups in total. The van der Waals surface area contributed by atoms with Crippen molar-refractivity contribution in [1.29, 1.82) is 0 Å². The Morgan fingerprint density at radius 1 is 1.54 bits per heavy atom. The second kappa shape index (κ2) is 3.30. The lowest BCUT2D eigenvalue weighted by atomic mass is 10.1. The molecule has 1 aromatic heterocycles. The van der Waals surface area contributed by atoms with E-state index in [9.17, 15) is 0 Å². The lowest BCUT2D eigenvalue weighted by Crippen LogP contribution is -2.28. The zero-order valence-electron chi connectivity index (χ0n) is 7.72. The fraction of sp³-hybridized carbons (Fsp3) is 0.556. The van der Waals surface area contributed by atoms with Crippen LogP contribution in [0.3, 0.4) is 0 Å². The van der Waals surface area contributed by atoms with Gasteiger partial charge < -0.3 is 10.6 Å². The Morgan fingerprint density at radius 2 is 2.38 bits per heavy atom. The molecule has 2 rings (SSSR count). The van der Waals surface area contributed by atoms with Crippen LogP contribution in [0.15, 0.2) is 18.6 Å². The van der Waals surface area contributed by atoms with Gasteiger partial charge in [-0.1, -0.05) is 6.92 Å². The van der Waals surface area contributed by atoms with Crippen LogP contribution in [0.1, 0.15) is 6.92 Å². The van der Waals surface area contributed by atoms with E-state index in [0.29, 0.717) is 5.92 Å². The molecule has 0 spiro atoms. The standard InChI is InChI=1S/C9H14N4/c1-7-4-13(5-8(7)10)9-2-3-11-6-12-9/h2-3,6-8H,4-5,10H2,1H3. The molecule has 2 heterocycles. The van der Waals surface area contributed by atoms with Crippen molar-refractivity contribution >= 4 is 5.82 Å². The molecule has 1 saturated heterocycles. The van der Waals surface area contributed by atoms with Crippen LogP contribution in [-0.2, 0) is 0 Å². The Kier molecular flexibility index (Phi) is 2.14. The molecule has 1 fully saturated rings. The maximum Gasteiger partial charge on any atom is 0.131 e. The number of rotatable bonds is 1. The van der Waals surface area contributed by atoms with Crippen LogP contribution in [0.25, 0.3) is 0 Å². The summed E-state index contributed by atoms with van der Waals surface area (Å²) in [4.78, 5) is 10.3. The van der Waals surface area contributed by atoms with E-state index in [-0.39, 0.29) is 6.04 Å². The van der Waals surface area contributed by atoms with Crippen LogP contribution in [0.5, 0.6) is 0 Å². The van der Waals surface area contributed by atoms with Crippen molar-refractivity contribution in [3.8, 4) is 0 Å². The van der Waals surface area contributed by atoms with Gasteiger partial charge in [-0.2, -0.15) is 0 Å². The van der Waals surface area contributed by atoms with Gasteiger partial charge in [0.2, 0.25) is 0 Å². The molecule has 0 bridgehead atoms. The Hall–Kier alpha value is -1.16. The Morgan fingerprint density at radius 3 is 2.92 bits per heavy atom. The first-order chi connectivity index (χ1) is 6.27. The van der Waals surface area contributed by atoms with Crippen molar-refractivity contribution < 1.29 is 0 Å². The average Bonchev–Trinajstić information content (AvgIpc) is 2.49. The fourth-order valence-corrected chi connectivity index (χ4v) is 1.65. The van der Waals surface area contributed by atoms with Crippen molar-refractivity contribution in [2.75, 3.05) is 18.0 Å². The molecule has 0 amide bonds. The van der Waals surface area contributed by atoms with E-state index in [4.69, 9.17) is 5.73 Å². The van der Waals surface area contributed by atoms with Gasteiger partial charge in [0.25, 0.3) is 0 Å². The lowest BCUT2D eigenvalue weighted by molar-refractivity contribution is 0.566. The summed E-state index contributed by atoms with van der Waals surface area (Å²) in [6.07, 6.45) is 3.33. The number of aromatic nitrogens is 2. The Bertz CT molecular complexity index is 264. The zero-order chi connectivity index (χ0) is 9.26. The van der Waals surface area contributed by atoms with Crippen molar-refractivity contribution in [3.63, 3.8) is 0 Å². The summed E-state index contributed by atoms with van der Waals surface area (Å²) in [5, 5.41) is 0. The highest BCUT2D eigenvalue weighted by atomic mass is 15.2. The topological polar surface area (TPSA) is 55.0 Å². The zero-order valence-corrected chi connectivity index (χ0v) is 7.72. The predicted molar refractivity (Wildman–Crippen MR) is 51.4 cm³/mol. The highest BCUT2D eigenvalue weighted by Crippen LogP contribution is 2.19. The second-order valence-corrected chi connectivity index (χ2v) is 3.61. The molecule has 1 aliphatic heterocycles. The van der Waals surface area contributed by atoms with Gasteiger partial charge in [-0.25, -0.2) is 9.97 Å². The molecule has 0 aliphatic carbocycles. The van der Waals surface area contributed by atoms with E-state index in [1.807, 2.05) is 6.07 Å². The molecular formula is C9H14N4. The van der Waals surface area contributed by atoms with Crippen molar-refractivity contribution in [1.82, 2.24) is 9.97 Å². The Labute approximate surface area is 77.8 Å². The summed E-state index contributed by atoms with van der Waals surface area (Å²) in [7, 11) is 0. The van der Waals surface area contributed by atoms with Crippen LogP contribution in [0, 0.1) is 5.92 Å². The minimum atomic E-state index is 0.273. The van der Waals surface area contributed by atoms with E-state index >= 15 is 0 Å². The predicted octanol–water partition coefficient (Wildman–Crippen LogP) is 0.260. The summed E-state index contributed by atoms with van der Waals surface area (Å²) in [6, 6.07) is 2.19. The van der Waals surface area contributed by atoms with Crippen molar-refractivity contribution in [2.45, 2.75) is 13.0 Å². The van der Waals surface area contributed by atoms with Gasteiger partial charge in [0.1, 0.15) is 12.1 Å². The summed E-state index contributed by atoms with van der Waals surface area (Å²) in [5.41, 5.74) is 5.92. The number of hydrogen-bond donors (Lipinski definition) is 1. The summed E-state index contributed by atoms with van der Waals surface area (Å²) < 4.78 is 0. The molecule has 0 aromatic carbocycles. The maximum atomic E-state index is 5.92. The van der Waals surface area contributed by atoms with Crippen LogP contribution in [0.4, 0.5) is 5.82 Å². The third-order valence-corrected chi connectivity index (χ3v) is 2.56. The highest BCUT2D eigenvalue weighted by molar-refractivity contribution is 5.38. The fourth-order valence-electron chi connectivity index (χ4n) is 1.65. The van der Waals surface area contributed by atoms with E-state index in [1.54, 1.807) is 12.5 Å². The molecule has 70 valence electrons. The second-order valence-electron chi connectivity index (χ2n) is 3.61. The normalized spacial score (nSPS) is 28.0. The van der Waals surface area contributed by atoms with Crippen LogP contribution in [0.2, 0.25) is 0 Å². The molecule has 0 radical (unpaired) electrons. The minimum absolute atomic E-state index is 0.273. The van der Waals surface area contributed by atoms with Crippen LogP contribution >= 0.6 is 0 Å². The first-order valence-corrected chi connectivity index (χ1v) is 4.54. The first kappa shape index (κ1) is 8.44. The molecule has 13 heavy (non-hydrogen) atoms. The molecule has 0 saturated carbocycles. The largest absolute Gasteiger partial charge is 0.355 e. The van der Waals surface area contributed by atoms with E-state index < -0.39 is 0 Å². The van der Waals surface area contributed by atoms with E-state index in [0.717, 1.165) is 18.9 Å². The molecule has 4 heteroatoms. The molecule has 2 atom stereocenters. The van der Waals surface area contributed by atoms with Crippen LogP contribution in [-0.4, -0.2) is 29.1 Å². The summed E-state index contributed by atoms with van der Waals surface area (Å²) in [5.74, 6) is 1.53. The van der Waals surface area contributed by atoms with Gasteiger partial charge >= 0.3 is 0 Å². The maximum absolute atomic E-state index is 5.92. The van der Waals surface area contributed by atoms with Crippen molar-refractivity contribution in [3.05, 3.63) is 18.6 Å². The highest BCUT2D eigenvalue weighted by Gasteiger charge is 2.26. The number of anilines is 1. The molecule has 4 nitrogen and oxygen atoms in total. The first-order valence-electron chi connectivity index (χ1n) is 4.54. The number of nitrogens with zero attached hydrogens (tertiary/aromatic N) is 3. The van der Waals surface area contributed by atoms with Crippen LogP contribution < -0.4 is 10.6 Å². The average molecular weight is 178 g/mol. The smallest absolute Gasteiger partial charge is 0.131 e. The third kappa shape index (κ3) is 1.62. The van der Waals surface area contributed by atoms with Gasteiger partial charge in [-0.3, -0.25) is 0 Å². The van der Waals surface area contributed by atoms with Gasteiger partial charge in [0, 0.05) is 25.3 Å². The summed E-state index contributed by atoms with van der Waals surface area (Å²) >= 11 is 0. The van der Waals surface area contributed by atoms with E-state index in [1.165, 1.54) is 0 Å². The summed E-state index contributed by atoms with van der Waals surface area (Å²) in [6.45, 7) is 4.07. The lowest BCUT2D eigenvalue weighted by Gasteiger charge is -2.15. The van der Waals surface area contributed by atoms with Gasteiger partial charge in [0.05, 0.1) is 0 Å². The Balaban J connectivity index is 2.12. The molecule has 2 unspecified atom stereocenters. The van der Waals surface area contributed by atoms with Gasteiger partial charge in [-0.15, -0.1) is 0 Å². The number of nitrogens with two attached hydrogens (primary N) is 1. The molecule has 1 aromatic rings. The van der Waals surface area contributed by atoms with Gasteiger partial charge in [0.15, 0.2) is 0 Å². The third-order valence-electron chi connectivity index (χ3n) is 2.56. The minimum Gasteiger partial charge on any atom is -0.355 e. The SMILES string of the molecule is CC1CN(c2ccncn2)CC1N. The quantitative estimate of drug-likeness (QED) is 0.670. The molecular weight excluding hydrogens is 164 g/mol. The van der Waals surface area contributed by atoms with Gasteiger partial charge in [-0.05, 0) is 12.0 Å². The number of hydrogen-bond acceptors (Lipinski definition) is 4. The van der Waals surface area contributed by atoms with E-state index in [2.05, 4.69) is 21.8 Å².